The smallest absolute Gasteiger partial charge is 0 e. The second-order valence-corrected chi connectivity index (χ2v) is 9.27. The minimum atomic E-state index is -0.981. The molecule has 1 aromatic heterocycles. The van der Waals surface area contributed by atoms with Crippen LogP contribution in [0.5, 0.6) is 0 Å². The van der Waals surface area contributed by atoms with Crippen LogP contribution in [0.1, 0.15) is 75.6 Å². The van der Waals surface area contributed by atoms with Gasteiger partial charge in [0.25, 0.3) is 0 Å². The van der Waals surface area contributed by atoms with Crippen molar-refractivity contribution in [2.45, 2.75) is 44.2 Å². The van der Waals surface area contributed by atoms with Crippen LogP contribution in [0.3, 0.4) is 0 Å². The number of ketones is 1. The number of carbonyl (C=O) groups excluding carboxylic acids is 4. The van der Waals surface area contributed by atoms with E-state index in [2.05, 4.69) is 6.42 Å². The molecule has 2 atom stereocenters. The van der Waals surface area contributed by atoms with Crippen molar-refractivity contribution in [3.8, 4) is 6.42 Å². The first-order valence-electron chi connectivity index (χ1n) is 13.2. The van der Waals surface area contributed by atoms with Gasteiger partial charge in [0.1, 0.15) is 29.9 Å². The molecule has 3 heterocycles. The maximum absolute atomic E-state index is 10.8. The van der Waals surface area contributed by atoms with Crippen molar-refractivity contribution < 1.29 is 66.8 Å². The fourth-order valence-corrected chi connectivity index (χ4v) is 3.79. The van der Waals surface area contributed by atoms with Gasteiger partial charge in [-0.05, 0) is 55.7 Å². The van der Waals surface area contributed by atoms with Gasteiger partial charge in [0.05, 0.1) is 18.8 Å². The molecular weight excluding hydrogens is 620 g/mol. The normalized spacial score (nSPS) is 17.3. The Kier molecular flexibility index (Phi) is 21.7. The zero-order valence-electron chi connectivity index (χ0n) is 25.3. The molecular formula is C33H40O14+2. The van der Waals surface area contributed by atoms with Crippen LogP contribution in [0.25, 0.3) is 0 Å². The van der Waals surface area contributed by atoms with E-state index in [0.717, 1.165) is 24.6 Å². The second-order valence-electron chi connectivity index (χ2n) is 9.27. The summed E-state index contributed by atoms with van der Waals surface area (Å²) in [5.41, 5.74) is 0.937. The number of hydrogen-bond donors (Lipinski definition) is 4. The van der Waals surface area contributed by atoms with Crippen LogP contribution in [0.2, 0.25) is 0 Å². The van der Waals surface area contributed by atoms with Gasteiger partial charge in [-0.25, -0.2) is 4.79 Å². The number of terminal acetylenes is 1. The van der Waals surface area contributed by atoms with Gasteiger partial charge in [0.15, 0.2) is 24.1 Å². The van der Waals surface area contributed by atoms with Crippen LogP contribution in [0, 0.1) is 17.8 Å². The molecule has 2 aliphatic heterocycles. The Morgan fingerprint density at radius 1 is 0.872 bits per heavy atom. The summed E-state index contributed by atoms with van der Waals surface area (Å²) in [6.07, 6.45) is 16.2. The zero-order chi connectivity index (χ0) is 35.2. The molecule has 0 aliphatic carbocycles. The van der Waals surface area contributed by atoms with Crippen LogP contribution in [0.4, 0.5) is 0 Å². The summed E-state index contributed by atoms with van der Waals surface area (Å²) in [7, 11) is 0. The van der Waals surface area contributed by atoms with Gasteiger partial charge in [0.2, 0.25) is 4.96 Å². The molecule has 2 aliphatic rings. The number of fused-ring (bicyclic) bond motifs is 2. The van der Waals surface area contributed by atoms with E-state index in [9.17, 15) is 24.0 Å². The average Bonchev–Trinajstić information content (AvgIpc) is 3.86. The third-order valence-corrected chi connectivity index (χ3v) is 6.26. The summed E-state index contributed by atoms with van der Waals surface area (Å²) in [4.78, 5) is 64.9. The predicted octanol–water partition coefficient (Wildman–Crippen LogP) is 2.93. The Bertz CT molecular complexity index is 1420. The number of ether oxygens (including phenoxy) is 1. The van der Waals surface area contributed by atoms with E-state index >= 15 is 0 Å². The fraction of sp³-hybridized carbons (Fsp3) is 0.242. The van der Waals surface area contributed by atoms with E-state index in [1.165, 1.54) is 37.3 Å². The van der Waals surface area contributed by atoms with Gasteiger partial charge in [-0.3, -0.25) is 19.2 Å². The first-order valence-corrected chi connectivity index (χ1v) is 13.2. The molecule has 47 heavy (non-hydrogen) atoms. The van der Waals surface area contributed by atoms with Gasteiger partial charge in [-0.1, -0.05) is 42.5 Å². The largest absolute Gasteiger partial charge is 0 e. The summed E-state index contributed by atoms with van der Waals surface area (Å²) in [5, 5.41) is 34.5. The van der Waals surface area contributed by atoms with Crippen LogP contribution < -0.4 is 0 Å². The molecule has 254 valence electrons. The number of furan rings is 1. The summed E-state index contributed by atoms with van der Waals surface area (Å²) in [5.74, 6) is -0.381. The number of aliphatic hydroxyl groups excluding tert-OH is 3. The van der Waals surface area contributed by atoms with Crippen molar-refractivity contribution in [2.24, 2.45) is 0 Å². The maximum Gasteiger partial charge on any atom is 0 e. The molecule has 5 rings (SSSR count). The molecule has 0 spiro atoms. The number of carbonyl (C=O) groups is 5. The Morgan fingerprint density at radius 3 is 1.74 bits per heavy atom. The molecule has 2 aromatic carbocycles. The molecule has 7 N–H and O–H groups in total. The molecule has 14 heteroatoms. The summed E-state index contributed by atoms with van der Waals surface area (Å²) in [6.45, 7) is 1.28. The summed E-state index contributed by atoms with van der Waals surface area (Å²) < 4.78 is 10.2. The third kappa shape index (κ3) is 14.2. The maximum atomic E-state index is 10.8. The molecule has 0 saturated carbocycles. The molecule has 2 unspecified atom stereocenters. The van der Waals surface area contributed by atoms with E-state index in [-0.39, 0.29) is 45.3 Å². The van der Waals surface area contributed by atoms with Crippen LogP contribution in [-0.2, 0) is 22.7 Å². The number of carboxylic acid groups (broad SMARTS) is 1. The number of benzene rings is 2. The quantitative estimate of drug-likeness (QED) is 0.0679. The minimum Gasteiger partial charge on any atom is 0 e. The van der Waals surface area contributed by atoms with Crippen molar-refractivity contribution in [2.75, 3.05) is 6.61 Å². The first kappa shape index (κ1) is 43.9. The van der Waals surface area contributed by atoms with Crippen molar-refractivity contribution >= 4 is 30.6 Å². The van der Waals surface area contributed by atoms with E-state index < -0.39 is 17.2 Å². The minimum absolute atomic E-state index is 0. The molecule has 0 amide bonds. The number of hydrogen-bond acceptors (Lipinski definition) is 11. The van der Waals surface area contributed by atoms with Crippen molar-refractivity contribution in [1.82, 2.24) is 0 Å². The number of aromatic carboxylic acids is 1. The van der Waals surface area contributed by atoms with Crippen molar-refractivity contribution in [3.63, 3.8) is 0 Å². The second kappa shape index (κ2) is 23.2. The molecule has 3 aromatic rings. The summed E-state index contributed by atoms with van der Waals surface area (Å²) >= 11 is 0. The van der Waals surface area contributed by atoms with Gasteiger partial charge in [-0.2, -0.15) is 0 Å². The van der Waals surface area contributed by atoms with E-state index in [1.807, 2.05) is 0 Å². The molecule has 14 nitrogen and oxygen atoms in total. The van der Waals surface area contributed by atoms with Crippen LogP contribution in [0.15, 0.2) is 77.2 Å². The van der Waals surface area contributed by atoms with Gasteiger partial charge in [-0.15, -0.1) is 0 Å². The zero-order valence-corrected chi connectivity index (χ0v) is 25.3. The van der Waals surface area contributed by atoms with Crippen molar-refractivity contribution in [3.05, 3.63) is 118 Å². The van der Waals surface area contributed by atoms with Gasteiger partial charge in [0, 0.05) is 18.9 Å². The fourth-order valence-electron chi connectivity index (χ4n) is 3.79. The SMILES string of the molecule is CC(=O)c1ccc(C(=O)O)cc1.O.O=CC12C=CC(CO)(CC1)O2.O=Cc1ccc(CO)cc1.O=Cc1ccc(CO)o1.O=[OH+].[C+]#C.[HH].[HH]. The van der Waals surface area contributed by atoms with Crippen LogP contribution in [-0.4, -0.2) is 79.3 Å². The Balaban J connectivity index is -0.000000262. The molecule has 0 radical (unpaired) electrons. The number of Topliss-reactive ketones (excluding diaryl/α,β-unsaturated/α-hetero) is 1. The Morgan fingerprint density at radius 2 is 1.45 bits per heavy atom. The van der Waals surface area contributed by atoms with Crippen LogP contribution >= 0.6 is 0 Å². The van der Waals surface area contributed by atoms with E-state index in [0.29, 0.717) is 29.6 Å². The predicted molar refractivity (Wildman–Crippen MR) is 171 cm³/mol. The summed E-state index contributed by atoms with van der Waals surface area (Å²) in [6, 6.07) is 15.7. The standard InChI is InChI=1S/C9H8O3.C8H10O3.C8H8O2.C6H6O3.C2H.O2.H2O.2H2/c1-6(10)7-2-4-8(5-3-7)9(11)12;9-5-7-1-2-8(6-10,11-7)4-3-7;9-5-7-1-2-8(6-10)4-3-7;7-3-5-1-2-6(4-8)9-5;2*1-2;;;/h2-5H,1H3,(H,11,12);1-2,5,10H,3-4,6H2;1-5,10H,6H2;1-3,8H,4H2;1H;;1H2;2*1H/q;;;;+1;;;;/p+1. The number of aldehydes is 3. The number of aliphatic hydroxyl groups is 3. The van der Waals surface area contributed by atoms with Gasteiger partial charge >= 0.3 is 18.8 Å². The molecule has 2 bridgehead atoms. The average molecular weight is 661 g/mol. The van der Waals surface area contributed by atoms with Crippen molar-refractivity contribution in [1.29, 1.82) is 0 Å². The van der Waals surface area contributed by atoms with Gasteiger partial charge < -0.3 is 35.1 Å². The topological polar surface area (TPSA) is 259 Å². The third-order valence-electron chi connectivity index (χ3n) is 6.26. The number of carboxylic acids is 1. The van der Waals surface area contributed by atoms with E-state index in [1.54, 1.807) is 42.5 Å². The number of rotatable bonds is 8. The molecule has 1 fully saturated rings. The molecule has 1 saturated heterocycles. The van der Waals surface area contributed by atoms with E-state index in [4.69, 9.17) is 45.9 Å². The first-order chi connectivity index (χ1) is 22.1. The Labute approximate surface area is 272 Å². The monoisotopic (exact) mass is 660 g/mol. The Hall–Kier alpha value is -5.21.